The lowest BCUT2D eigenvalue weighted by molar-refractivity contribution is 0.352. The van der Waals surface area contributed by atoms with Gasteiger partial charge in [0.1, 0.15) is 29.0 Å². The van der Waals surface area contributed by atoms with Gasteiger partial charge in [0, 0.05) is 6.54 Å². The SMILES string of the molecule is COc1ccc(F)cc1CCNC12CCCC=C1C=CC(C#N)=N2. The maximum atomic E-state index is 13.5. The van der Waals surface area contributed by atoms with Gasteiger partial charge in [-0.3, -0.25) is 5.32 Å². The second-order valence-electron chi connectivity index (χ2n) is 5.99. The molecular formula is C19H20FN3O. The Hall–Kier alpha value is -2.45. The number of halogens is 1. The van der Waals surface area contributed by atoms with Crippen LogP contribution in [0.15, 0.2) is 47.0 Å². The van der Waals surface area contributed by atoms with Crippen molar-refractivity contribution >= 4 is 5.71 Å². The Morgan fingerprint density at radius 1 is 1.42 bits per heavy atom. The monoisotopic (exact) mass is 325 g/mol. The molecule has 1 atom stereocenters. The second-order valence-corrected chi connectivity index (χ2v) is 5.99. The van der Waals surface area contributed by atoms with Crippen molar-refractivity contribution in [1.29, 1.82) is 5.26 Å². The number of nitriles is 1. The molecule has 0 aromatic heterocycles. The third kappa shape index (κ3) is 3.24. The third-order valence-corrected chi connectivity index (χ3v) is 4.49. The summed E-state index contributed by atoms with van der Waals surface area (Å²) in [5.74, 6) is 0.410. The molecule has 1 aliphatic heterocycles. The zero-order chi connectivity index (χ0) is 17.0. The summed E-state index contributed by atoms with van der Waals surface area (Å²) < 4.78 is 18.8. The third-order valence-electron chi connectivity index (χ3n) is 4.49. The quantitative estimate of drug-likeness (QED) is 0.903. The molecule has 1 aromatic carbocycles. The van der Waals surface area contributed by atoms with Gasteiger partial charge in [-0.1, -0.05) is 12.2 Å². The molecule has 1 N–H and O–H groups in total. The van der Waals surface area contributed by atoms with Gasteiger partial charge in [0.15, 0.2) is 0 Å². The van der Waals surface area contributed by atoms with E-state index >= 15 is 0 Å². The van der Waals surface area contributed by atoms with Crippen molar-refractivity contribution in [2.45, 2.75) is 31.3 Å². The molecule has 0 spiro atoms. The van der Waals surface area contributed by atoms with Gasteiger partial charge >= 0.3 is 0 Å². The predicted molar refractivity (Wildman–Crippen MR) is 91.5 cm³/mol. The summed E-state index contributed by atoms with van der Waals surface area (Å²) in [4.78, 5) is 4.63. The Bertz CT molecular complexity index is 760. The maximum Gasteiger partial charge on any atom is 0.137 e. The summed E-state index contributed by atoms with van der Waals surface area (Å²) >= 11 is 0. The fourth-order valence-corrected chi connectivity index (χ4v) is 3.31. The highest BCUT2D eigenvalue weighted by Gasteiger charge is 2.35. The lowest BCUT2D eigenvalue weighted by atomic mass is 9.85. The minimum atomic E-state index is -0.529. The molecule has 0 radical (unpaired) electrons. The fraction of sp³-hybridized carbons (Fsp3) is 0.368. The van der Waals surface area contributed by atoms with Crippen molar-refractivity contribution in [2.75, 3.05) is 13.7 Å². The molecule has 3 rings (SSSR count). The molecule has 1 aromatic rings. The van der Waals surface area contributed by atoms with Crippen molar-refractivity contribution in [2.24, 2.45) is 4.99 Å². The molecule has 24 heavy (non-hydrogen) atoms. The van der Waals surface area contributed by atoms with Crippen LogP contribution >= 0.6 is 0 Å². The van der Waals surface area contributed by atoms with E-state index in [1.54, 1.807) is 19.3 Å². The summed E-state index contributed by atoms with van der Waals surface area (Å²) in [5.41, 5.74) is 1.83. The van der Waals surface area contributed by atoms with E-state index < -0.39 is 5.66 Å². The molecule has 0 saturated carbocycles. The lowest BCUT2D eigenvalue weighted by Crippen LogP contribution is -2.48. The van der Waals surface area contributed by atoms with Crippen LogP contribution in [0.4, 0.5) is 4.39 Å². The molecule has 0 saturated heterocycles. The minimum Gasteiger partial charge on any atom is -0.496 e. The van der Waals surface area contributed by atoms with Gasteiger partial charge in [0.2, 0.25) is 0 Å². The molecule has 5 heteroatoms. The highest BCUT2D eigenvalue weighted by atomic mass is 19.1. The number of hydrogen-bond acceptors (Lipinski definition) is 4. The number of fused-ring (bicyclic) bond motifs is 1. The first-order valence-electron chi connectivity index (χ1n) is 8.13. The van der Waals surface area contributed by atoms with E-state index in [-0.39, 0.29) is 5.82 Å². The molecule has 124 valence electrons. The molecule has 1 unspecified atom stereocenters. The van der Waals surface area contributed by atoms with Gasteiger partial charge in [-0.15, -0.1) is 0 Å². The highest BCUT2D eigenvalue weighted by Crippen LogP contribution is 2.34. The lowest BCUT2D eigenvalue weighted by Gasteiger charge is -2.37. The van der Waals surface area contributed by atoms with Crippen LogP contribution in [0.5, 0.6) is 5.75 Å². The summed E-state index contributed by atoms with van der Waals surface area (Å²) in [6.07, 6.45) is 9.43. The van der Waals surface area contributed by atoms with Crippen molar-refractivity contribution in [3.05, 3.63) is 53.4 Å². The summed E-state index contributed by atoms with van der Waals surface area (Å²) in [7, 11) is 1.58. The van der Waals surface area contributed by atoms with Crippen LogP contribution in [0.1, 0.15) is 24.8 Å². The van der Waals surface area contributed by atoms with Crippen LogP contribution in [0.2, 0.25) is 0 Å². The minimum absolute atomic E-state index is 0.271. The van der Waals surface area contributed by atoms with Gasteiger partial charge in [-0.25, -0.2) is 9.38 Å². The Kier molecular flexibility index (Phi) is 4.77. The molecule has 2 aliphatic rings. The van der Waals surface area contributed by atoms with E-state index in [1.165, 1.54) is 12.1 Å². The Balaban J connectivity index is 1.76. The summed E-state index contributed by atoms with van der Waals surface area (Å²) in [6, 6.07) is 6.66. The number of rotatable bonds is 5. The van der Waals surface area contributed by atoms with Gasteiger partial charge in [0.05, 0.1) is 7.11 Å². The van der Waals surface area contributed by atoms with Crippen LogP contribution in [0.3, 0.4) is 0 Å². The molecule has 1 aliphatic carbocycles. The zero-order valence-electron chi connectivity index (χ0n) is 13.7. The number of dihydropyridines is 1. The van der Waals surface area contributed by atoms with E-state index in [1.807, 2.05) is 6.08 Å². The van der Waals surface area contributed by atoms with Gasteiger partial charge in [-0.2, -0.15) is 5.26 Å². The Morgan fingerprint density at radius 2 is 2.29 bits per heavy atom. The number of methoxy groups -OCH3 is 1. The molecule has 0 fully saturated rings. The zero-order valence-corrected chi connectivity index (χ0v) is 13.7. The number of benzene rings is 1. The van der Waals surface area contributed by atoms with E-state index in [4.69, 9.17) is 10.00 Å². The van der Waals surface area contributed by atoms with Crippen molar-refractivity contribution in [3.63, 3.8) is 0 Å². The van der Waals surface area contributed by atoms with Crippen LogP contribution in [-0.4, -0.2) is 25.0 Å². The molecule has 0 amide bonds. The molecule has 4 nitrogen and oxygen atoms in total. The van der Waals surface area contributed by atoms with Crippen molar-refractivity contribution < 1.29 is 9.13 Å². The maximum absolute atomic E-state index is 13.5. The van der Waals surface area contributed by atoms with Crippen LogP contribution in [-0.2, 0) is 6.42 Å². The van der Waals surface area contributed by atoms with E-state index in [2.05, 4.69) is 22.5 Å². The number of nitrogens with zero attached hydrogens (tertiary/aromatic N) is 2. The van der Waals surface area contributed by atoms with E-state index in [0.717, 1.165) is 30.4 Å². The number of hydrogen-bond donors (Lipinski definition) is 1. The van der Waals surface area contributed by atoms with Crippen LogP contribution in [0, 0.1) is 17.1 Å². The Morgan fingerprint density at radius 3 is 3.08 bits per heavy atom. The standard InChI is InChI=1S/C19H20FN3O/c1-24-18-8-6-16(20)12-14(18)9-11-22-19-10-3-2-4-15(19)5-7-17(13-21)23-19/h4-8,12,22H,2-3,9-11H2,1H3. The molecule has 0 bridgehead atoms. The average Bonchev–Trinajstić information content (AvgIpc) is 2.61. The fourth-order valence-electron chi connectivity index (χ4n) is 3.31. The normalized spacial score (nSPS) is 22.2. The topological polar surface area (TPSA) is 57.4 Å². The first kappa shape index (κ1) is 16.4. The smallest absolute Gasteiger partial charge is 0.137 e. The van der Waals surface area contributed by atoms with E-state index in [0.29, 0.717) is 24.4 Å². The van der Waals surface area contributed by atoms with Gasteiger partial charge in [0.25, 0.3) is 0 Å². The average molecular weight is 325 g/mol. The van der Waals surface area contributed by atoms with Crippen LogP contribution in [0.25, 0.3) is 0 Å². The highest BCUT2D eigenvalue weighted by molar-refractivity contribution is 6.08. The predicted octanol–water partition coefficient (Wildman–Crippen LogP) is 3.31. The first-order valence-corrected chi connectivity index (χ1v) is 8.13. The van der Waals surface area contributed by atoms with E-state index in [9.17, 15) is 4.39 Å². The largest absolute Gasteiger partial charge is 0.496 e. The first-order chi connectivity index (χ1) is 11.7. The number of ether oxygens (including phenoxy) is 1. The number of nitrogens with one attached hydrogen (secondary N) is 1. The summed E-state index contributed by atoms with van der Waals surface area (Å²) in [5, 5.41) is 12.6. The Labute approximate surface area is 141 Å². The van der Waals surface area contributed by atoms with Gasteiger partial charge in [-0.05, 0) is 61.1 Å². The van der Waals surface area contributed by atoms with Crippen molar-refractivity contribution in [3.8, 4) is 11.8 Å². The molecule has 1 heterocycles. The van der Waals surface area contributed by atoms with Gasteiger partial charge < -0.3 is 4.74 Å². The summed E-state index contributed by atoms with van der Waals surface area (Å²) in [6.45, 7) is 0.618. The number of allylic oxidation sites excluding steroid dienone is 2. The van der Waals surface area contributed by atoms with Crippen LogP contribution < -0.4 is 10.1 Å². The second kappa shape index (κ2) is 6.98. The van der Waals surface area contributed by atoms with Crippen molar-refractivity contribution in [1.82, 2.24) is 5.32 Å². The molecular weight excluding hydrogens is 305 g/mol. The number of aliphatic imine (C=N–C) groups is 1.